The summed E-state index contributed by atoms with van der Waals surface area (Å²) in [5.74, 6) is -1.43. The first-order valence-corrected chi connectivity index (χ1v) is 12.9. The summed E-state index contributed by atoms with van der Waals surface area (Å²) >= 11 is 0. The largest absolute Gasteiger partial charge is 0.397 e. The van der Waals surface area contributed by atoms with Crippen LogP contribution in [0, 0.1) is 29.5 Å². The van der Waals surface area contributed by atoms with Gasteiger partial charge in [0.15, 0.2) is 0 Å². The molecule has 6 rings (SSSR count). The van der Waals surface area contributed by atoms with Crippen molar-refractivity contribution in [2.45, 2.75) is 6.29 Å². The van der Waals surface area contributed by atoms with E-state index >= 15 is 0 Å². The van der Waals surface area contributed by atoms with E-state index in [4.69, 9.17) is 21.8 Å². The molecule has 43 heavy (non-hydrogen) atoms. The van der Waals surface area contributed by atoms with Crippen LogP contribution in [0.5, 0.6) is 0 Å². The quantitative estimate of drug-likeness (QED) is 0.205. The average Bonchev–Trinajstić information content (AvgIpc) is 3.57. The SMILES string of the molecule is N#Cc1cc2ncccc2nc1-c1ccccc1F.Nc1cccnc1C1OCCO1.[C-]#[N+]CC(=O)c1ccccc1F. The van der Waals surface area contributed by atoms with Gasteiger partial charge in [0.1, 0.15) is 23.4 Å². The van der Waals surface area contributed by atoms with Gasteiger partial charge in [-0.05, 0) is 54.6 Å². The molecule has 11 heteroatoms. The van der Waals surface area contributed by atoms with Crippen molar-refractivity contribution in [3.8, 4) is 17.3 Å². The maximum atomic E-state index is 13.8. The van der Waals surface area contributed by atoms with E-state index in [-0.39, 0.29) is 18.4 Å². The third kappa shape index (κ3) is 7.77. The maximum Gasteiger partial charge on any atom is 0.276 e. The van der Waals surface area contributed by atoms with Crippen LogP contribution in [-0.2, 0) is 9.47 Å². The number of benzene rings is 2. The molecule has 3 aromatic heterocycles. The predicted octanol–water partition coefficient (Wildman–Crippen LogP) is 5.94. The molecule has 2 N–H and O–H groups in total. The monoisotopic (exact) mass is 578 g/mol. The normalized spacial score (nSPS) is 12.2. The third-order valence-corrected chi connectivity index (χ3v) is 5.95. The Hall–Kier alpha value is -5.62. The van der Waals surface area contributed by atoms with Gasteiger partial charge in [0, 0.05) is 18.0 Å². The molecule has 1 aliphatic heterocycles. The highest BCUT2D eigenvalue weighted by Gasteiger charge is 2.21. The number of nitrogens with zero attached hydrogens (tertiary/aromatic N) is 5. The molecule has 1 saturated heterocycles. The Bertz CT molecular complexity index is 1810. The number of hydrogen-bond acceptors (Lipinski definition) is 8. The molecule has 0 spiro atoms. The van der Waals surface area contributed by atoms with Crippen molar-refractivity contribution in [3.63, 3.8) is 0 Å². The number of pyridine rings is 3. The number of ether oxygens (including phenoxy) is 2. The molecule has 0 radical (unpaired) electrons. The minimum atomic E-state index is -0.564. The average molecular weight is 579 g/mol. The second-order valence-electron chi connectivity index (χ2n) is 8.79. The van der Waals surface area contributed by atoms with Gasteiger partial charge in [-0.3, -0.25) is 14.8 Å². The van der Waals surface area contributed by atoms with Gasteiger partial charge in [0.25, 0.3) is 6.54 Å². The van der Waals surface area contributed by atoms with Crippen LogP contribution >= 0.6 is 0 Å². The first-order valence-electron chi connectivity index (χ1n) is 12.9. The van der Waals surface area contributed by atoms with E-state index in [9.17, 15) is 18.8 Å². The Labute approximate surface area is 246 Å². The number of Topliss-reactive ketones (excluding diaryl/α,β-unsaturated/α-hetero) is 1. The number of hydrogen-bond donors (Lipinski definition) is 1. The number of nitrogen functional groups attached to an aromatic ring is 1. The molecule has 0 atom stereocenters. The van der Waals surface area contributed by atoms with Crippen LogP contribution in [-0.4, -0.2) is 40.5 Å². The Kier molecular flexibility index (Phi) is 10.5. The van der Waals surface area contributed by atoms with Crippen LogP contribution in [0.1, 0.15) is 27.9 Å². The van der Waals surface area contributed by atoms with Crippen molar-refractivity contribution in [3.05, 3.63) is 131 Å². The van der Waals surface area contributed by atoms with E-state index in [1.807, 2.05) is 6.07 Å². The lowest BCUT2D eigenvalue weighted by atomic mass is 10.1. The van der Waals surface area contributed by atoms with Crippen molar-refractivity contribution in [2.75, 3.05) is 25.5 Å². The minimum Gasteiger partial charge on any atom is -0.397 e. The summed E-state index contributed by atoms with van der Waals surface area (Å²) in [6.45, 7) is 7.37. The zero-order valence-electron chi connectivity index (χ0n) is 22.7. The number of anilines is 1. The molecule has 9 nitrogen and oxygen atoms in total. The van der Waals surface area contributed by atoms with E-state index in [1.165, 1.54) is 24.3 Å². The van der Waals surface area contributed by atoms with Gasteiger partial charge < -0.3 is 20.1 Å². The van der Waals surface area contributed by atoms with Gasteiger partial charge in [-0.25, -0.2) is 20.3 Å². The molecular weight excluding hydrogens is 554 g/mol. The lowest BCUT2D eigenvalue weighted by Crippen LogP contribution is -2.04. The molecule has 0 aliphatic carbocycles. The summed E-state index contributed by atoms with van der Waals surface area (Å²) < 4.78 is 37.2. The van der Waals surface area contributed by atoms with E-state index in [0.29, 0.717) is 52.4 Å². The Morgan fingerprint density at radius 3 is 2.30 bits per heavy atom. The van der Waals surface area contributed by atoms with Crippen molar-refractivity contribution in [1.29, 1.82) is 5.26 Å². The summed E-state index contributed by atoms with van der Waals surface area (Å²) in [4.78, 5) is 26.5. The minimum absolute atomic E-state index is 0.00602. The topological polar surface area (TPSA) is 128 Å². The number of carbonyl (C=O) groups is 1. The zero-order chi connectivity index (χ0) is 30.6. The molecule has 1 fully saturated rings. The summed E-state index contributed by atoms with van der Waals surface area (Å²) in [5.41, 5.74) is 9.21. The first-order chi connectivity index (χ1) is 20.9. The van der Waals surface area contributed by atoms with E-state index in [1.54, 1.807) is 67.0 Å². The van der Waals surface area contributed by atoms with E-state index < -0.39 is 17.4 Å². The van der Waals surface area contributed by atoms with Gasteiger partial charge in [0.2, 0.25) is 12.1 Å². The smallest absolute Gasteiger partial charge is 0.276 e. The van der Waals surface area contributed by atoms with Crippen LogP contribution in [0.15, 0.2) is 91.3 Å². The van der Waals surface area contributed by atoms with Gasteiger partial charge in [-0.15, -0.1) is 0 Å². The third-order valence-electron chi connectivity index (χ3n) is 5.95. The summed E-state index contributed by atoms with van der Waals surface area (Å²) in [7, 11) is 0. The van der Waals surface area contributed by atoms with Crippen molar-refractivity contribution in [2.24, 2.45) is 0 Å². The molecular formula is C32H24F2N6O3. The number of carbonyl (C=O) groups excluding carboxylic acids is 1. The Balaban J connectivity index is 0.000000155. The van der Waals surface area contributed by atoms with Crippen LogP contribution in [0.2, 0.25) is 0 Å². The molecule has 0 saturated carbocycles. The van der Waals surface area contributed by atoms with E-state index in [0.717, 1.165) is 0 Å². The van der Waals surface area contributed by atoms with E-state index in [2.05, 4.69) is 19.8 Å². The number of nitrogens with two attached hydrogens (primary N) is 1. The molecule has 2 aromatic carbocycles. The number of halogens is 2. The standard InChI is InChI=1S/C15H8FN3.C9H6FNO.C8H10N2O2/c16-12-5-2-1-4-11(12)15-10(9-17)8-14-13(19-15)6-3-7-18-14;1-11-6-9(12)7-4-2-3-5-8(7)10;9-6-2-1-3-10-7(6)8-11-4-5-12-8/h1-8H;2-5H,6H2;1-3,8H,4-5,9H2. The number of ketones is 1. The highest BCUT2D eigenvalue weighted by atomic mass is 19.1. The van der Waals surface area contributed by atoms with Crippen LogP contribution < -0.4 is 5.73 Å². The molecule has 4 heterocycles. The second kappa shape index (κ2) is 14.8. The predicted molar refractivity (Wildman–Crippen MR) is 155 cm³/mol. The highest BCUT2D eigenvalue weighted by molar-refractivity contribution is 5.98. The number of rotatable bonds is 4. The molecule has 0 unspecified atom stereocenters. The molecule has 5 aromatic rings. The zero-order valence-corrected chi connectivity index (χ0v) is 22.7. The number of aromatic nitrogens is 3. The van der Waals surface area contributed by atoms with Gasteiger partial charge in [0.05, 0.1) is 46.8 Å². The summed E-state index contributed by atoms with van der Waals surface area (Å²) in [5, 5.41) is 9.19. The second-order valence-corrected chi connectivity index (χ2v) is 8.79. The van der Waals surface area contributed by atoms with Crippen molar-refractivity contribution < 1.29 is 23.0 Å². The van der Waals surface area contributed by atoms with Gasteiger partial charge in [-0.2, -0.15) is 5.26 Å². The molecule has 214 valence electrons. The van der Waals surface area contributed by atoms with Gasteiger partial charge >= 0.3 is 0 Å². The van der Waals surface area contributed by atoms with Crippen molar-refractivity contribution in [1.82, 2.24) is 15.0 Å². The van der Waals surface area contributed by atoms with Crippen molar-refractivity contribution >= 4 is 22.5 Å². The summed E-state index contributed by atoms with van der Waals surface area (Å²) in [6, 6.07) is 22.7. The molecule has 0 amide bonds. The lowest BCUT2D eigenvalue weighted by molar-refractivity contribution is -0.0466. The maximum absolute atomic E-state index is 13.8. The Morgan fingerprint density at radius 2 is 1.63 bits per heavy atom. The Morgan fingerprint density at radius 1 is 0.953 bits per heavy atom. The fraction of sp³-hybridized carbons (Fsp3) is 0.125. The number of fused-ring (bicyclic) bond motifs is 1. The molecule has 0 bridgehead atoms. The fourth-order valence-electron chi connectivity index (χ4n) is 3.93. The van der Waals surface area contributed by atoms with Gasteiger partial charge in [-0.1, -0.05) is 24.3 Å². The molecule has 1 aliphatic rings. The van der Waals surface area contributed by atoms with Crippen LogP contribution in [0.3, 0.4) is 0 Å². The summed E-state index contributed by atoms with van der Waals surface area (Å²) in [6.07, 6.45) is 2.94. The highest BCUT2D eigenvalue weighted by Crippen LogP contribution is 2.27. The first kappa shape index (κ1) is 30.3. The number of nitriles is 1. The van der Waals surface area contributed by atoms with Crippen LogP contribution in [0.25, 0.3) is 27.1 Å². The fourth-order valence-corrected chi connectivity index (χ4v) is 3.93. The van der Waals surface area contributed by atoms with Crippen LogP contribution in [0.4, 0.5) is 14.5 Å². The lowest BCUT2D eigenvalue weighted by Gasteiger charge is -2.09.